The van der Waals surface area contributed by atoms with Crippen molar-refractivity contribution in [3.63, 3.8) is 0 Å². The van der Waals surface area contributed by atoms with Gasteiger partial charge in [0, 0.05) is 0 Å². The first-order valence-electron chi connectivity index (χ1n) is 5.71. The number of benzene rings is 1. The standard InChI is InChI=1S/C12H15F3N2O2S/c1-20-5-4-8(16)11(19)17-9-6-7(12(13,14)15)2-3-10(9)18/h2-3,6,8,18H,4-5,16H2,1H3,(H,17,19)/t8-/m1/s1. The third-order valence-corrected chi connectivity index (χ3v) is 3.20. The number of hydrogen-bond acceptors (Lipinski definition) is 4. The van der Waals surface area contributed by atoms with Gasteiger partial charge in [0.25, 0.3) is 0 Å². The molecular formula is C12H15F3N2O2S. The van der Waals surface area contributed by atoms with E-state index in [-0.39, 0.29) is 5.69 Å². The van der Waals surface area contributed by atoms with Gasteiger partial charge in [-0.15, -0.1) is 0 Å². The molecule has 0 saturated carbocycles. The summed E-state index contributed by atoms with van der Waals surface area (Å²) < 4.78 is 37.6. The monoisotopic (exact) mass is 308 g/mol. The lowest BCUT2D eigenvalue weighted by atomic mass is 10.1. The summed E-state index contributed by atoms with van der Waals surface area (Å²) in [5.74, 6) is -0.416. The predicted octanol–water partition coefficient (Wildman–Crippen LogP) is 2.43. The van der Waals surface area contributed by atoms with Crippen molar-refractivity contribution in [3.8, 4) is 5.75 Å². The SMILES string of the molecule is CSCC[C@@H](N)C(=O)Nc1cc(C(F)(F)F)ccc1O. The molecule has 0 bridgehead atoms. The molecule has 0 unspecified atom stereocenters. The average Bonchev–Trinajstić information content (AvgIpc) is 2.37. The molecule has 8 heteroatoms. The van der Waals surface area contributed by atoms with Gasteiger partial charge in [-0.3, -0.25) is 4.79 Å². The Hall–Kier alpha value is -1.41. The van der Waals surface area contributed by atoms with Gasteiger partial charge in [-0.1, -0.05) is 0 Å². The number of aromatic hydroxyl groups is 1. The minimum atomic E-state index is -4.55. The summed E-state index contributed by atoms with van der Waals surface area (Å²) in [6, 6.07) is 1.45. The lowest BCUT2D eigenvalue weighted by Gasteiger charge is -2.14. The van der Waals surface area contributed by atoms with E-state index in [9.17, 15) is 23.1 Å². The number of carbonyl (C=O) groups is 1. The zero-order valence-corrected chi connectivity index (χ0v) is 11.5. The van der Waals surface area contributed by atoms with Crippen LogP contribution >= 0.6 is 11.8 Å². The molecule has 0 radical (unpaired) electrons. The van der Waals surface area contributed by atoms with E-state index < -0.39 is 29.4 Å². The van der Waals surface area contributed by atoms with Crippen molar-refractivity contribution in [2.45, 2.75) is 18.6 Å². The normalized spacial score (nSPS) is 13.1. The first-order valence-corrected chi connectivity index (χ1v) is 7.10. The lowest BCUT2D eigenvalue weighted by Crippen LogP contribution is -2.36. The molecule has 0 saturated heterocycles. The van der Waals surface area contributed by atoms with Gasteiger partial charge in [0.05, 0.1) is 17.3 Å². The molecule has 1 aromatic carbocycles. The first kappa shape index (κ1) is 16.6. The number of alkyl halides is 3. The highest BCUT2D eigenvalue weighted by Gasteiger charge is 2.31. The Kier molecular flexibility index (Phi) is 5.70. The van der Waals surface area contributed by atoms with Gasteiger partial charge in [-0.25, -0.2) is 0 Å². The van der Waals surface area contributed by atoms with Gasteiger partial charge in [-0.05, 0) is 36.6 Å². The molecule has 0 aliphatic rings. The summed E-state index contributed by atoms with van der Waals surface area (Å²) in [6.45, 7) is 0. The maximum Gasteiger partial charge on any atom is 0.416 e. The van der Waals surface area contributed by atoms with Gasteiger partial charge in [0.1, 0.15) is 5.75 Å². The molecule has 0 aliphatic heterocycles. The lowest BCUT2D eigenvalue weighted by molar-refractivity contribution is -0.137. The van der Waals surface area contributed by atoms with Crippen molar-refractivity contribution in [2.75, 3.05) is 17.3 Å². The molecule has 1 rings (SSSR count). The van der Waals surface area contributed by atoms with Crippen LogP contribution in [-0.2, 0) is 11.0 Å². The summed E-state index contributed by atoms with van der Waals surface area (Å²) in [4.78, 5) is 11.7. The number of hydrogen-bond donors (Lipinski definition) is 3. The van der Waals surface area contributed by atoms with Crippen molar-refractivity contribution < 1.29 is 23.1 Å². The van der Waals surface area contributed by atoms with Crippen LogP contribution in [0.4, 0.5) is 18.9 Å². The first-order chi connectivity index (χ1) is 9.25. The highest BCUT2D eigenvalue weighted by atomic mass is 32.2. The predicted molar refractivity (Wildman–Crippen MR) is 72.7 cm³/mol. The fourth-order valence-electron chi connectivity index (χ4n) is 1.41. The Morgan fingerprint density at radius 3 is 2.70 bits per heavy atom. The third kappa shape index (κ3) is 4.61. The molecule has 20 heavy (non-hydrogen) atoms. The second kappa shape index (κ2) is 6.85. The largest absolute Gasteiger partial charge is 0.506 e. The molecule has 0 spiro atoms. The van der Waals surface area contributed by atoms with E-state index in [0.29, 0.717) is 18.2 Å². The van der Waals surface area contributed by atoms with Crippen LogP contribution in [0.2, 0.25) is 0 Å². The summed E-state index contributed by atoms with van der Waals surface area (Å²) >= 11 is 1.50. The number of rotatable bonds is 5. The highest BCUT2D eigenvalue weighted by molar-refractivity contribution is 7.98. The maximum absolute atomic E-state index is 12.5. The number of halogens is 3. The molecular weight excluding hydrogens is 293 g/mol. The van der Waals surface area contributed by atoms with Crippen LogP contribution < -0.4 is 11.1 Å². The van der Waals surface area contributed by atoms with Gasteiger partial charge in [0.15, 0.2) is 0 Å². The van der Waals surface area contributed by atoms with Crippen LogP contribution in [0.1, 0.15) is 12.0 Å². The fraction of sp³-hybridized carbons (Fsp3) is 0.417. The van der Waals surface area contributed by atoms with E-state index in [2.05, 4.69) is 5.32 Å². The number of amides is 1. The molecule has 1 atom stereocenters. The van der Waals surface area contributed by atoms with Crippen molar-refractivity contribution in [1.82, 2.24) is 0 Å². The Bertz CT molecular complexity index is 480. The van der Waals surface area contributed by atoms with Crippen molar-refractivity contribution >= 4 is 23.4 Å². The second-order valence-corrected chi connectivity index (χ2v) is 5.09. The van der Waals surface area contributed by atoms with E-state index in [1.165, 1.54) is 11.8 Å². The minimum absolute atomic E-state index is 0.301. The molecule has 0 aromatic heterocycles. The second-order valence-electron chi connectivity index (χ2n) is 4.11. The topological polar surface area (TPSA) is 75.4 Å². The van der Waals surface area contributed by atoms with Crippen LogP contribution in [0.3, 0.4) is 0 Å². The van der Waals surface area contributed by atoms with Gasteiger partial charge < -0.3 is 16.2 Å². The molecule has 0 aliphatic carbocycles. The molecule has 4 nitrogen and oxygen atoms in total. The number of nitrogens with two attached hydrogens (primary N) is 1. The smallest absolute Gasteiger partial charge is 0.416 e. The summed E-state index contributed by atoms with van der Waals surface area (Å²) in [5.41, 5.74) is 4.34. The summed E-state index contributed by atoms with van der Waals surface area (Å²) in [5, 5.41) is 11.7. The Balaban J connectivity index is 2.84. The fourth-order valence-corrected chi connectivity index (χ4v) is 1.90. The van der Waals surface area contributed by atoms with Crippen molar-refractivity contribution in [3.05, 3.63) is 23.8 Å². The maximum atomic E-state index is 12.5. The van der Waals surface area contributed by atoms with Gasteiger partial charge in [0.2, 0.25) is 5.91 Å². The third-order valence-electron chi connectivity index (χ3n) is 2.55. The van der Waals surface area contributed by atoms with E-state index in [1.807, 2.05) is 6.26 Å². The van der Waals surface area contributed by atoms with Crippen LogP contribution in [0.5, 0.6) is 5.75 Å². The molecule has 0 heterocycles. The Morgan fingerprint density at radius 2 is 2.15 bits per heavy atom. The molecule has 112 valence electrons. The highest BCUT2D eigenvalue weighted by Crippen LogP contribution is 2.34. The van der Waals surface area contributed by atoms with Crippen molar-refractivity contribution in [1.29, 1.82) is 0 Å². The number of phenolic OH excluding ortho intramolecular Hbond substituents is 1. The zero-order valence-electron chi connectivity index (χ0n) is 10.7. The minimum Gasteiger partial charge on any atom is -0.506 e. The average molecular weight is 308 g/mol. The number of carbonyl (C=O) groups excluding carboxylic acids is 1. The van der Waals surface area contributed by atoms with Crippen LogP contribution in [-0.4, -0.2) is 29.1 Å². The van der Waals surface area contributed by atoms with E-state index >= 15 is 0 Å². The van der Waals surface area contributed by atoms with E-state index in [1.54, 1.807) is 0 Å². The van der Waals surface area contributed by atoms with E-state index in [4.69, 9.17) is 5.73 Å². The zero-order chi connectivity index (χ0) is 15.3. The number of anilines is 1. The van der Waals surface area contributed by atoms with E-state index in [0.717, 1.165) is 12.1 Å². The molecule has 1 aromatic rings. The molecule has 0 fully saturated rings. The van der Waals surface area contributed by atoms with Crippen molar-refractivity contribution in [2.24, 2.45) is 5.73 Å². The van der Waals surface area contributed by atoms with Gasteiger partial charge in [-0.2, -0.15) is 24.9 Å². The quantitative estimate of drug-likeness (QED) is 0.730. The number of thioether (sulfide) groups is 1. The summed E-state index contributed by atoms with van der Waals surface area (Å²) in [6.07, 6.45) is -2.30. The molecule has 1 amide bonds. The summed E-state index contributed by atoms with van der Waals surface area (Å²) in [7, 11) is 0. The van der Waals surface area contributed by atoms with Crippen LogP contribution in [0, 0.1) is 0 Å². The van der Waals surface area contributed by atoms with Gasteiger partial charge >= 0.3 is 6.18 Å². The van der Waals surface area contributed by atoms with Crippen LogP contribution in [0.15, 0.2) is 18.2 Å². The van der Waals surface area contributed by atoms with Crippen LogP contribution in [0.25, 0.3) is 0 Å². The number of nitrogens with one attached hydrogen (secondary N) is 1. The molecule has 4 N–H and O–H groups in total. The Labute approximate surface area is 118 Å². The Morgan fingerprint density at radius 1 is 1.50 bits per heavy atom. The number of phenols is 1.